The molecule has 0 radical (unpaired) electrons. The second-order valence-electron chi connectivity index (χ2n) is 4.68. The van der Waals surface area contributed by atoms with E-state index in [0.29, 0.717) is 0 Å². The first-order valence-corrected chi connectivity index (χ1v) is 7.72. The summed E-state index contributed by atoms with van der Waals surface area (Å²) in [5.41, 5.74) is 0. The maximum absolute atomic E-state index is 5.34. The van der Waals surface area contributed by atoms with Gasteiger partial charge >= 0.3 is 0 Å². The summed E-state index contributed by atoms with van der Waals surface area (Å²) in [7, 11) is 0. The van der Waals surface area contributed by atoms with E-state index >= 15 is 0 Å². The summed E-state index contributed by atoms with van der Waals surface area (Å²) < 4.78 is 5.34. The van der Waals surface area contributed by atoms with Crippen LogP contribution in [0.1, 0.15) is 19.3 Å². The molecule has 0 spiro atoms. The Bertz CT molecular complexity index is 180. The lowest BCUT2D eigenvalue weighted by Gasteiger charge is -2.26. The Morgan fingerprint density at radius 1 is 1.25 bits per heavy atom. The zero-order valence-electron chi connectivity index (χ0n) is 10.1. The Hall–Kier alpha value is 0.230. The lowest BCUT2D eigenvalue weighted by atomic mass is 10.2. The van der Waals surface area contributed by atoms with Crippen LogP contribution < -0.4 is 5.32 Å². The van der Waals surface area contributed by atoms with Crippen LogP contribution >= 0.6 is 11.8 Å². The molecule has 2 aliphatic heterocycles. The zero-order chi connectivity index (χ0) is 11.1. The van der Waals surface area contributed by atoms with Gasteiger partial charge in [-0.2, -0.15) is 11.8 Å². The van der Waals surface area contributed by atoms with Crippen molar-refractivity contribution in [3.05, 3.63) is 0 Å². The molecular formula is C12H24N2OS. The number of rotatable bonds is 6. The molecule has 4 heteroatoms. The first kappa shape index (κ1) is 12.7. The van der Waals surface area contributed by atoms with Crippen molar-refractivity contribution in [2.75, 3.05) is 50.9 Å². The highest BCUT2D eigenvalue weighted by atomic mass is 32.2. The van der Waals surface area contributed by atoms with Crippen LogP contribution in [0.4, 0.5) is 0 Å². The summed E-state index contributed by atoms with van der Waals surface area (Å²) in [4.78, 5) is 2.52. The highest BCUT2D eigenvalue weighted by Gasteiger charge is 2.14. The lowest BCUT2D eigenvalue weighted by molar-refractivity contribution is 0.0372. The molecule has 2 aliphatic rings. The topological polar surface area (TPSA) is 24.5 Å². The molecule has 0 saturated carbocycles. The molecule has 0 aromatic rings. The number of hydrogen-bond acceptors (Lipinski definition) is 4. The molecule has 16 heavy (non-hydrogen) atoms. The van der Waals surface area contributed by atoms with Crippen LogP contribution in [0.15, 0.2) is 0 Å². The van der Waals surface area contributed by atoms with Crippen molar-refractivity contribution in [3.8, 4) is 0 Å². The summed E-state index contributed by atoms with van der Waals surface area (Å²) in [5.74, 6) is 2.68. The monoisotopic (exact) mass is 244 g/mol. The van der Waals surface area contributed by atoms with E-state index in [1.54, 1.807) is 0 Å². The average molecular weight is 244 g/mol. The Morgan fingerprint density at radius 3 is 2.88 bits per heavy atom. The van der Waals surface area contributed by atoms with E-state index < -0.39 is 0 Å². The number of nitrogens with one attached hydrogen (secondary N) is 1. The predicted molar refractivity (Wildman–Crippen MR) is 70.2 cm³/mol. The van der Waals surface area contributed by atoms with Gasteiger partial charge in [0.1, 0.15) is 0 Å². The first-order chi connectivity index (χ1) is 7.95. The minimum absolute atomic E-state index is 0.799. The van der Waals surface area contributed by atoms with Crippen molar-refractivity contribution in [2.24, 2.45) is 0 Å². The molecular weight excluding hydrogens is 220 g/mol. The molecule has 2 rings (SSSR count). The van der Waals surface area contributed by atoms with Gasteiger partial charge in [0.05, 0.1) is 13.2 Å². The summed E-state index contributed by atoms with van der Waals surface area (Å²) in [5, 5.41) is 3.66. The largest absolute Gasteiger partial charge is 0.379 e. The van der Waals surface area contributed by atoms with Crippen LogP contribution in [-0.2, 0) is 4.74 Å². The Kier molecular flexibility index (Phi) is 5.97. The smallest absolute Gasteiger partial charge is 0.0594 e. The number of hydrogen-bond donors (Lipinski definition) is 1. The third kappa shape index (κ3) is 4.62. The SMILES string of the molecule is C(CCN1CCOCC1)CNC1CCSC1. The van der Waals surface area contributed by atoms with Gasteiger partial charge in [-0.1, -0.05) is 0 Å². The molecule has 2 saturated heterocycles. The van der Waals surface area contributed by atoms with E-state index in [1.807, 2.05) is 0 Å². The average Bonchev–Trinajstić information content (AvgIpc) is 2.83. The van der Waals surface area contributed by atoms with Crippen LogP contribution in [0.25, 0.3) is 0 Å². The molecule has 0 aromatic heterocycles. The quantitative estimate of drug-likeness (QED) is 0.710. The third-order valence-electron chi connectivity index (χ3n) is 3.37. The van der Waals surface area contributed by atoms with Gasteiger partial charge in [-0.15, -0.1) is 0 Å². The zero-order valence-corrected chi connectivity index (χ0v) is 10.9. The number of unbranched alkanes of at least 4 members (excludes halogenated alkanes) is 1. The number of ether oxygens (including phenoxy) is 1. The number of morpholine rings is 1. The van der Waals surface area contributed by atoms with Crippen LogP contribution in [0, 0.1) is 0 Å². The molecule has 1 atom stereocenters. The van der Waals surface area contributed by atoms with Crippen LogP contribution in [0.2, 0.25) is 0 Å². The van der Waals surface area contributed by atoms with Crippen LogP contribution in [0.5, 0.6) is 0 Å². The van der Waals surface area contributed by atoms with Crippen molar-refractivity contribution in [3.63, 3.8) is 0 Å². The molecule has 94 valence electrons. The molecule has 3 nitrogen and oxygen atoms in total. The molecule has 0 aromatic carbocycles. The summed E-state index contributed by atoms with van der Waals surface area (Å²) in [6, 6.07) is 0.799. The standard InChI is InChI=1S/C12H24N2OS/c1(4-13-12-3-10-16-11-12)2-5-14-6-8-15-9-7-14/h12-13H,1-11H2. The van der Waals surface area contributed by atoms with Crippen molar-refractivity contribution in [2.45, 2.75) is 25.3 Å². The van der Waals surface area contributed by atoms with Crippen molar-refractivity contribution >= 4 is 11.8 Å². The molecule has 0 aliphatic carbocycles. The Labute approximate surface area is 103 Å². The molecule has 1 unspecified atom stereocenters. The lowest BCUT2D eigenvalue weighted by Crippen LogP contribution is -2.37. The van der Waals surface area contributed by atoms with Crippen LogP contribution in [0.3, 0.4) is 0 Å². The fourth-order valence-electron chi connectivity index (χ4n) is 2.29. The van der Waals surface area contributed by atoms with Gasteiger partial charge in [-0.25, -0.2) is 0 Å². The fourth-order valence-corrected chi connectivity index (χ4v) is 3.47. The van der Waals surface area contributed by atoms with Crippen LogP contribution in [-0.4, -0.2) is 61.8 Å². The normalized spacial score (nSPS) is 27.4. The maximum Gasteiger partial charge on any atom is 0.0594 e. The second kappa shape index (κ2) is 7.54. The third-order valence-corrected chi connectivity index (χ3v) is 4.53. The predicted octanol–water partition coefficient (Wildman–Crippen LogP) is 1.19. The van der Waals surface area contributed by atoms with E-state index in [9.17, 15) is 0 Å². The summed E-state index contributed by atoms with van der Waals surface area (Å²) in [6.07, 6.45) is 4.01. The van der Waals surface area contributed by atoms with Gasteiger partial charge in [-0.05, 0) is 38.1 Å². The van der Waals surface area contributed by atoms with Gasteiger partial charge in [-0.3, -0.25) is 4.90 Å². The number of thioether (sulfide) groups is 1. The molecule has 2 heterocycles. The summed E-state index contributed by atoms with van der Waals surface area (Å²) in [6.45, 7) is 6.58. The highest BCUT2D eigenvalue weighted by molar-refractivity contribution is 7.99. The van der Waals surface area contributed by atoms with Crippen molar-refractivity contribution in [1.82, 2.24) is 10.2 Å². The van der Waals surface area contributed by atoms with E-state index in [1.165, 1.54) is 43.9 Å². The van der Waals surface area contributed by atoms with Gasteiger partial charge in [0.25, 0.3) is 0 Å². The molecule has 0 bridgehead atoms. The minimum atomic E-state index is 0.799. The van der Waals surface area contributed by atoms with E-state index in [0.717, 1.165) is 32.3 Å². The van der Waals surface area contributed by atoms with Gasteiger partial charge in [0.2, 0.25) is 0 Å². The van der Waals surface area contributed by atoms with E-state index in [4.69, 9.17) is 4.74 Å². The molecule has 2 fully saturated rings. The van der Waals surface area contributed by atoms with Gasteiger partial charge < -0.3 is 10.1 Å². The minimum Gasteiger partial charge on any atom is -0.379 e. The van der Waals surface area contributed by atoms with Crippen molar-refractivity contribution < 1.29 is 4.74 Å². The number of nitrogens with zero attached hydrogens (tertiary/aromatic N) is 1. The highest BCUT2D eigenvalue weighted by Crippen LogP contribution is 2.16. The molecule has 1 N–H and O–H groups in total. The van der Waals surface area contributed by atoms with Gasteiger partial charge in [0.15, 0.2) is 0 Å². The van der Waals surface area contributed by atoms with Gasteiger partial charge in [0, 0.05) is 24.9 Å². The summed E-state index contributed by atoms with van der Waals surface area (Å²) >= 11 is 2.08. The van der Waals surface area contributed by atoms with Crippen molar-refractivity contribution in [1.29, 1.82) is 0 Å². The second-order valence-corrected chi connectivity index (χ2v) is 5.83. The van der Waals surface area contributed by atoms with E-state index in [-0.39, 0.29) is 0 Å². The Balaban J connectivity index is 1.42. The molecule has 0 amide bonds. The fraction of sp³-hybridized carbons (Fsp3) is 1.00. The Morgan fingerprint density at radius 2 is 2.12 bits per heavy atom. The first-order valence-electron chi connectivity index (χ1n) is 6.56. The maximum atomic E-state index is 5.34. The van der Waals surface area contributed by atoms with E-state index in [2.05, 4.69) is 22.0 Å².